The SMILES string of the molecule is Cc1ccc(CC(=O)O)cc1.FB(F)F.[F-]. The number of aryl methyl sites for hydroxylation is 1. The van der Waals surface area contributed by atoms with Gasteiger partial charge in [0.05, 0.1) is 6.42 Å². The lowest BCUT2D eigenvalue weighted by Gasteiger charge is -1.96. The van der Waals surface area contributed by atoms with Crippen LogP contribution in [0.5, 0.6) is 0 Å². The average Bonchev–Trinajstić information content (AvgIpc) is 2.07. The first kappa shape index (κ1) is 16.9. The van der Waals surface area contributed by atoms with Gasteiger partial charge in [0.15, 0.2) is 0 Å². The molecule has 0 radical (unpaired) electrons. The minimum atomic E-state index is -3.67. The van der Waals surface area contributed by atoms with Crippen molar-refractivity contribution in [2.45, 2.75) is 13.3 Å². The van der Waals surface area contributed by atoms with E-state index in [0.717, 1.165) is 11.1 Å². The van der Waals surface area contributed by atoms with Crippen LogP contribution in [0, 0.1) is 6.92 Å². The molecule has 0 saturated carbocycles. The predicted molar refractivity (Wildman–Crippen MR) is 51.6 cm³/mol. The van der Waals surface area contributed by atoms with Crippen molar-refractivity contribution in [3.63, 3.8) is 0 Å². The third kappa shape index (κ3) is 10.6. The summed E-state index contributed by atoms with van der Waals surface area (Å²) in [6.45, 7) is 1.98. The number of carboxylic acids is 1. The lowest BCUT2D eigenvalue weighted by atomic mass is 10.1. The average molecular weight is 237 g/mol. The summed E-state index contributed by atoms with van der Waals surface area (Å²) >= 11 is 0. The number of aliphatic carboxylic acids is 1. The summed E-state index contributed by atoms with van der Waals surface area (Å²) in [5, 5.41) is 8.44. The molecule has 0 spiro atoms. The van der Waals surface area contributed by atoms with Gasteiger partial charge in [0, 0.05) is 0 Å². The van der Waals surface area contributed by atoms with Gasteiger partial charge in [0.2, 0.25) is 0 Å². The van der Waals surface area contributed by atoms with E-state index in [1.54, 1.807) is 0 Å². The molecule has 0 saturated heterocycles. The molecule has 1 N–H and O–H groups in total. The molecule has 1 rings (SSSR count). The number of carboxylic acid groups (broad SMARTS) is 1. The normalized spacial score (nSPS) is 8.25. The van der Waals surface area contributed by atoms with E-state index >= 15 is 0 Å². The van der Waals surface area contributed by atoms with Crippen molar-refractivity contribution in [2.75, 3.05) is 0 Å². The molecule has 0 aliphatic carbocycles. The van der Waals surface area contributed by atoms with Crippen molar-refractivity contribution in [2.24, 2.45) is 0 Å². The maximum atomic E-state index is 10.3. The summed E-state index contributed by atoms with van der Waals surface area (Å²) in [5.41, 5.74) is 2.00. The second-order valence-corrected chi connectivity index (χ2v) is 2.80. The van der Waals surface area contributed by atoms with Crippen molar-refractivity contribution in [1.82, 2.24) is 0 Å². The van der Waals surface area contributed by atoms with E-state index in [-0.39, 0.29) is 11.1 Å². The first-order valence-electron chi connectivity index (χ1n) is 4.11. The van der Waals surface area contributed by atoms with Crippen LogP contribution in [0.15, 0.2) is 24.3 Å². The highest BCUT2D eigenvalue weighted by atomic mass is 19.4. The highest BCUT2D eigenvalue weighted by Gasteiger charge is 2.06. The van der Waals surface area contributed by atoms with Gasteiger partial charge in [-0.25, -0.2) is 0 Å². The molecule has 2 nitrogen and oxygen atoms in total. The molecule has 0 amide bonds. The smallest absolute Gasteiger partial charge is 0.762 e. The van der Waals surface area contributed by atoms with Gasteiger partial charge in [-0.3, -0.25) is 17.7 Å². The Bertz CT molecular complexity index is 300. The highest BCUT2D eigenvalue weighted by molar-refractivity contribution is 6.33. The fraction of sp³-hybridized carbons (Fsp3) is 0.222. The van der Waals surface area contributed by atoms with Gasteiger partial charge in [-0.05, 0) is 12.5 Å². The molecule has 0 aliphatic heterocycles. The lowest BCUT2D eigenvalue weighted by Crippen LogP contribution is -3.00. The molecule has 7 heteroatoms. The summed E-state index contributed by atoms with van der Waals surface area (Å²) < 4.78 is 29.0. The first-order chi connectivity index (χ1) is 6.91. The van der Waals surface area contributed by atoms with E-state index < -0.39 is 13.5 Å². The predicted octanol–water partition coefficient (Wildman–Crippen LogP) is -0.494. The van der Waals surface area contributed by atoms with Crippen LogP contribution in [-0.4, -0.2) is 18.6 Å². The fourth-order valence-corrected chi connectivity index (χ4v) is 0.881. The summed E-state index contributed by atoms with van der Waals surface area (Å²) in [7, 11) is -3.67. The van der Waals surface area contributed by atoms with Crippen molar-refractivity contribution in [3.05, 3.63) is 35.4 Å². The molecule has 0 unspecified atom stereocenters. The van der Waals surface area contributed by atoms with Gasteiger partial charge in [-0.2, -0.15) is 0 Å². The number of carbonyl (C=O) groups is 1. The van der Waals surface area contributed by atoms with Gasteiger partial charge in [0.1, 0.15) is 0 Å². The van der Waals surface area contributed by atoms with Crippen molar-refractivity contribution < 1.29 is 27.6 Å². The Labute approximate surface area is 90.7 Å². The molecule has 1 aromatic carbocycles. The standard InChI is InChI=1S/C9H10O2.BF3.FH/c1-7-2-4-8(5-3-7)6-9(10)11;2-1(3)4;/h2-5H,6H2,1H3,(H,10,11);;1H/p-1. The molecule has 0 heterocycles. The van der Waals surface area contributed by atoms with E-state index in [4.69, 9.17) is 5.11 Å². The largest absolute Gasteiger partial charge is 1.00 e. The Morgan fingerprint density at radius 1 is 1.25 bits per heavy atom. The minimum Gasteiger partial charge on any atom is -1.00 e. The van der Waals surface area contributed by atoms with E-state index in [9.17, 15) is 17.7 Å². The molecule has 1 aromatic rings. The van der Waals surface area contributed by atoms with E-state index in [1.165, 1.54) is 0 Å². The van der Waals surface area contributed by atoms with Crippen LogP contribution in [0.25, 0.3) is 0 Å². The molecular weight excluding hydrogens is 227 g/mol. The van der Waals surface area contributed by atoms with Crippen LogP contribution in [0.3, 0.4) is 0 Å². The minimum absolute atomic E-state index is 0. The van der Waals surface area contributed by atoms with Crippen LogP contribution in [0.1, 0.15) is 11.1 Å². The molecule has 0 aromatic heterocycles. The molecule has 0 fully saturated rings. The lowest BCUT2D eigenvalue weighted by molar-refractivity contribution is -0.136. The van der Waals surface area contributed by atoms with Crippen LogP contribution in [0.2, 0.25) is 0 Å². The Balaban J connectivity index is 0. The number of rotatable bonds is 2. The molecular formula is C9H10BF4O2-. The highest BCUT2D eigenvalue weighted by Crippen LogP contribution is 2.03. The number of benzene rings is 1. The zero-order valence-corrected chi connectivity index (χ0v) is 8.46. The van der Waals surface area contributed by atoms with Crippen LogP contribution >= 0.6 is 0 Å². The summed E-state index contributed by atoms with van der Waals surface area (Å²) in [6, 6.07) is 7.50. The van der Waals surface area contributed by atoms with Crippen molar-refractivity contribution >= 4 is 13.5 Å². The van der Waals surface area contributed by atoms with Gasteiger partial charge >= 0.3 is 13.5 Å². The Morgan fingerprint density at radius 2 is 1.62 bits per heavy atom. The zero-order valence-electron chi connectivity index (χ0n) is 8.46. The van der Waals surface area contributed by atoms with Crippen molar-refractivity contribution in [1.29, 1.82) is 0 Å². The topological polar surface area (TPSA) is 37.3 Å². The van der Waals surface area contributed by atoms with Gasteiger partial charge < -0.3 is 9.81 Å². The molecule has 0 bridgehead atoms. The van der Waals surface area contributed by atoms with Gasteiger partial charge in [-0.1, -0.05) is 29.8 Å². The number of halogens is 4. The molecule has 90 valence electrons. The van der Waals surface area contributed by atoms with E-state index in [2.05, 4.69) is 0 Å². The summed E-state index contributed by atoms with van der Waals surface area (Å²) in [4.78, 5) is 10.3. The number of hydrogen-bond donors (Lipinski definition) is 1. The summed E-state index contributed by atoms with van der Waals surface area (Å²) in [5.74, 6) is -0.783. The van der Waals surface area contributed by atoms with Gasteiger partial charge in [-0.15, -0.1) is 0 Å². The molecule has 16 heavy (non-hydrogen) atoms. The molecule has 0 aliphatic rings. The molecule has 0 atom stereocenters. The third-order valence-electron chi connectivity index (χ3n) is 1.48. The fourth-order valence-electron chi connectivity index (χ4n) is 0.881. The quantitative estimate of drug-likeness (QED) is 0.556. The monoisotopic (exact) mass is 237 g/mol. The van der Waals surface area contributed by atoms with E-state index in [1.807, 2.05) is 31.2 Å². The first-order valence-corrected chi connectivity index (χ1v) is 4.11. The van der Waals surface area contributed by atoms with Crippen LogP contribution in [0.4, 0.5) is 12.9 Å². The third-order valence-corrected chi connectivity index (χ3v) is 1.48. The zero-order chi connectivity index (χ0) is 11.8. The Hall–Kier alpha value is -1.53. The second-order valence-electron chi connectivity index (χ2n) is 2.80. The summed E-state index contributed by atoms with van der Waals surface area (Å²) in [6.07, 6.45) is 0.111. The second kappa shape index (κ2) is 8.76. The van der Waals surface area contributed by atoms with Crippen LogP contribution in [-0.2, 0) is 11.2 Å². The maximum absolute atomic E-state index is 10.3. The van der Waals surface area contributed by atoms with Crippen molar-refractivity contribution in [3.8, 4) is 0 Å². The Morgan fingerprint density at radius 3 is 1.94 bits per heavy atom. The Kier molecular flexibility index (Phi) is 9.24. The maximum Gasteiger partial charge on any atom is 0.762 e. The number of hydrogen-bond acceptors (Lipinski definition) is 1. The van der Waals surface area contributed by atoms with Gasteiger partial charge in [0.25, 0.3) is 0 Å². The van der Waals surface area contributed by atoms with Crippen LogP contribution < -0.4 is 4.70 Å². The van der Waals surface area contributed by atoms with E-state index in [0.29, 0.717) is 0 Å².